The van der Waals surface area contributed by atoms with Crippen LogP contribution >= 0.6 is 15.9 Å². The van der Waals surface area contributed by atoms with E-state index in [1.807, 2.05) is 18.3 Å². The summed E-state index contributed by atoms with van der Waals surface area (Å²) in [6.07, 6.45) is 5.25. The SMILES string of the molecule is Nc1cc(NCc2cccnc2)n2ncc(Br)c2n1. The third-order valence-electron chi connectivity index (χ3n) is 2.65. The molecule has 0 bridgehead atoms. The second-order valence-electron chi connectivity index (χ2n) is 4.01. The number of halogens is 1. The number of anilines is 2. The zero-order valence-electron chi connectivity index (χ0n) is 9.92. The van der Waals surface area contributed by atoms with Crippen LogP contribution in [-0.2, 0) is 6.54 Å². The lowest BCUT2D eigenvalue weighted by Gasteiger charge is -2.09. The first-order valence-corrected chi connectivity index (χ1v) is 6.46. The van der Waals surface area contributed by atoms with Crippen molar-refractivity contribution in [1.82, 2.24) is 19.6 Å². The lowest BCUT2D eigenvalue weighted by Crippen LogP contribution is -2.07. The predicted molar refractivity (Wildman–Crippen MR) is 76.7 cm³/mol. The third kappa shape index (κ3) is 2.37. The molecule has 3 aromatic rings. The topological polar surface area (TPSA) is 81.1 Å². The second-order valence-corrected chi connectivity index (χ2v) is 4.86. The number of nitrogens with zero attached hydrogens (tertiary/aromatic N) is 4. The molecular weight excluding hydrogens is 308 g/mol. The molecule has 0 aromatic carbocycles. The smallest absolute Gasteiger partial charge is 0.173 e. The maximum Gasteiger partial charge on any atom is 0.173 e. The average Bonchev–Trinajstić information content (AvgIpc) is 2.79. The van der Waals surface area contributed by atoms with Crippen molar-refractivity contribution in [3.8, 4) is 0 Å². The molecule has 0 spiro atoms. The Morgan fingerprint density at radius 2 is 2.26 bits per heavy atom. The number of hydrogen-bond acceptors (Lipinski definition) is 5. The van der Waals surface area contributed by atoms with Gasteiger partial charge in [-0.3, -0.25) is 4.98 Å². The summed E-state index contributed by atoms with van der Waals surface area (Å²) in [5.74, 6) is 1.24. The van der Waals surface area contributed by atoms with E-state index in [4.69, 9.17) is 5.73 Å². The fourth-order valence-corrected chi connectivity index (χ4v) is 2.12. The van der Waals surface area contributed by atoms with Crippen molar-refractivity contribution in [3.63, 3.8) is 0 Å². The molecule has 0 atom stereocenters. The number of rotatable bonds is 3. The molecule has 3 N–H and O–H groups in total. The quantitative estimate of drug-likeness (QED) is 0.772. The summed E-state index contributed by atoms with van der Waals surface area (Å²) in [6, 6.07) is 5.65. The first-order chi connectivity index (χ1) is 9.24. The molecule has 0 saturated heterocycles. The molecule has 0 amide bonds. The normalized spacial score (nSPS) is 10.8. The minimum atomic E-state index is 0.447. The molecule has 0 aliphatic heterocycles. The molecule has 3 heterocycles. The summed E-state index contributed by atoms with van der Waals surface area (Å²) in [6.45, 7) is 0.643. The lowest BCUT2D eigenvalue weighted by molar-refractivity contribution is 0.926. The van der Waals surface area contributed by atoms with Crippen molar-refractivity contribution in [2.24, 2.45) is 0 Å². The fraction of sp³-hybridized carbons (Fsp3) is 0.0833. The van der Waals surface area contributed by atoms with Crippen LogP contribution in [0.15, 0.2) is 41.3 Å². The number of nitrogens with two attached hydrogens (primary N) is 1. The molecule has 3 aromatic heterocycles. The Bertz CT molecular complexity index is 709. The van der Waals surface area contributed by atoms with Gasteiger partial charge in [0.2, 0.25) is 0 Å². The lowest BCUT2D eigenvalue weighted by atomic mass is 10.3. The van der Waals surface area contributed by atoms with Gasteiger partial charge in [0.25, 0.3) is 0 Å². The van der Waals surface area contributed by atoms with Crippen LogP contribution in [0.1, 0.15) is 5.56 Å². The van der Waals surface area contributed by atoms with E-state index in [0.717, 1.165) is 15.9 Å². The van der Waals surface area contributed by atoms with Crippen LogP contribution in [0.25, 0.3) is 5.65 Å². The predicted octanol–water partition coefficient (Wildman–Crippen LogP) is 2.08. The molecule has 0 radical (unpaired) electrons. The highest BCUT2D eigenvalue weighted by Crippen LogP contribution is 2.21. The van der Waals surface area contributed by atoms with E-state index < -0.39 is 0 Å². The van der Waals surface area contributed by atoms with Crippen molar-refractivity contribution in [2.75, 3.05) is 11.1 Å². The van der Waals surface area contributed by atoms with Gasteiger partial charge in [-0.2, -0.15) is 9.61 Å². The Morgan fingerprint density at radius 3 is 3.05 bits per heavy atom. The second kappa shape index (κ2) is 4.85. The molecule has 0 aliphatic carbocycles. The Kier molecular flexibility index (Phi) is 3.04. The maximum atomic E-state index is 5.80. The van der Waals surface area contributed by atoms with Gasteiger partial charge >= 0.3 is 0 Å². The summed E-state index contributed by atoms with van der Waals surface area (Å²) >= 11 is 3.39. The van der Waals surface area contributed by atoms with Gasteiger partial charge in [0, 0.05) is 25.0 Å². The van der Waals surface area contributed by atoms with Gasteiger partial charge in [-0.25, -0.2) is 4.98 Å². The number of fused-ring (bicyclic) bond motifs is 1. The molecule has 19 heavy (non-hydrogen) atoms. The van der Waals surface area contributed by atoms with Crippen molar-refractivity contribution < 1.29 is 0 Å². The van der Waals surface area contributed by atoms with Crippen molar-refractivity contribution >= 4 is 33.2 Å². The largest absolute Gasteiger partial charge is 0.384 e. The van der Waals surface area contributed by atoms with E-state index in [1.54, 1.807) is 23.0 Å². The molecule has 0 saturated carbocycles. The highest BCUT2D eigenvalue weighted by molar-refractivity contribution is 9.10. The molecule has 0 unspecified atom stereocenters. The highest BCUT2D eigenvalue weighted by atomic mass is 79.9. The van der Waals surface area contributed by atoms with Crippen molar-refractivity contribution in [2.45, 2.75) is 6.54 Å². The molecule has 6 nitrogen and oxygen atoms in total. The third-order valence-corrected chi connectivity index (χ3v) is 3.20. The summed E-state index contributed by atoms with van der Waals surface area (Å²) < 4.78 is 2.51. The van der Waals surface area contributed by atoms with Gasteiger partial charge in [-0.05, 0) is 27.6 Å². The highest BCUT2D eigenvalue weighted by Gasteiger charge is 2.08. The van der Waals surface area contributed by atoms with Crippen LogP contribution in [0.4, 0.5) is 11.6 Å². The van der Waals surface area contributed by atoms with E-state index in [2.05, 4.69) is 36.3 Å². The standard InChI is InChI=1S/C12H11BrN6/c13-9-7-17-19-11(4-10(14)18-12(9)19)16-6-8-2-1-3-15-5-8/h1-5,7,16H,6H2,(H2,14,18). The first-order valence-electron chi connectivity index (χ1n) is 5.66. The van der Waals surface area contributed by atoms with Crippen molar-refractivity contribution in [1.29, 1.82) is 0 Å². The van der Waals surface area contributed by atoms with Crippen LogP contribution < -0.4 is 11.1 Å². The van der Waals surface area contributed by atoms with Crippen LogP contribution in [0.2, 0.25) is 0 Å². The molecular formula is C12H11BrN6. The number of aromatic nitrogens is 4. The van der Waals surface area contributed by atoms with Gasteiger partial charge in [-0.15, -0.1) is 0 Å². The maximum absolute atomic E-state index is 5.80. The van der Waals surface area contributed by atoms with Gasteiger partial charge in [-0.1, -0.05) is 6.07 Å². The van der Waals surface area contributed by atoms with E-state index in [9.17, 15) is 0 Å². The molecule has 0 fully saturated rings. The monoisotopic (exact) mass is 318 g/mol. The molecule has 0 aliphatic rings. The van der Waals surface area contributed by atoms with Gasteiger partial charge in [0.15, 0.2) is 5.65 Å². The summed E-state index contributed by atoms with van der Waals surface area (Å²) in [4.78, 5) is 8.30. The van der Waals surface area contributed by atoms with Crippen molar-refractivity contribution in [3.05, 3.63) is 46.8 Å². The number of hydrogen-bond donors (Lipinski definition) is 2. The van der Waals surface area contributed by atoms with E-state index in [0.29, 0.717) is 18.0 Å². The van der Waals surface area contributed by atoms with Crippen LogP contribution in [0.3, 0.4) is 0 Å². The van der Waals surface area contributed by atoms with E-state index >= 15 is 0 Å². The Labute approximate surface area is 117 Å². The summed E-state index contributed by atoms with van der Waals surface area (Å²) in [7, 11) is 0. The summed E-state index contributed by atoms with van der Waals surface area (Å²) in [5, 5.41) is 7.52. The summed E-state index contributed by atoms with van der Waals surface area (Å²) in [5.41, 5.74) is 7.57. The molecule has 7 heteroatoms. The number of pyridine rings is 1. The van der Waals surface area contributed by atoms with Crippen LogP contribution in [0.5, 0.6) is 0 Å². The van der Waals surface area contributed by atoms with Gasteiger partial charge in [0.05, 0.1) is 10.7 Å². The zero-order chi connectivity index (χ0) is 13.2. The number of nitrogen functional groups attached to an aromatic ring is 1. The number of nitrogens with one attached hydrogen (secondary N) is 1. The minimum absolute atomic E-state index is 0.447. The minimum Gasteiger partial charge on any atom is -0.384 e. The van der Waals surface area contributed by atoms with E-state index in [-0.39, 0.29) is 0 Å². The Balaban J connectivity index is 1.92. The van der Waals surface area contributed by atoms with Gasteiger partial charge < -0.3 is 11.1 Å². The Morgan fingerprint density at radius 1 is 1.37 bits per heavy atom. The molecule has 3 rings (SSSR count). The Hall–Kier alpha value is -2.15. The molecule has 96 valence electrons. The first kappa shape index (κ1) is 11.9. The average molecular weight is 319 g/mol. The zero-order valence-corrected chi connectivity index (χ0v) is 11.5. The van der Waals surface area contributed by atoms with E-state index in [1.165, 1.54) is 0 Å². The van der Waals surface area contributed by atoms with Gasteiger partial charge in [0.1, 0.15) is 11.6 Å². The fourth-order valence-electron chi connectivity index (χ4n) is 1.78. The van der Waals surface area contributed by atoms with Crippen LogP contribution in [-0.4, -0.2) is 19.6 Å². The van der Waals surface area contributed by atoms with Crippen LogP contribution in [0, 0.1) is 0 Å².